The Balaban J connectivity index is 0.759. The van der Waals surface area contributed by atoms with Crippen molar-refractivity contribution in [3.63, 3.8) is 0 Å². The molecule has 5 nitrogen and oxygen atoms in total. The van der Waals surface area contributed by atoms with Crippen LogP contribution >= 0.6 is 0 Å². The number of furan rings is 3. The van der Waals surface area contributed by atoms with Crippen molar-refractivity contribution in [2.45, 2.75) is 0 Å². The van der Waals surface area contributed by atoms with E-state index in [4.69, 9.17) is 13.3 Å². The molecule has 5 aromatic heterocycles. The van der Waals surface area contributed by atoms with Gasteiger partial charge in [0.1, 0.15) is 33.5 Å². The minimum Gasteiger partial charge on any atom is -0.456 e. The smallest absolute Gasteiger partial charge is 0.135 e. The quantitative estimate of drug-likeness (QED) is 0.173. The monoisotopic (exact) mass is 906 g/mol. The molecule has 0 atom stereocenters. The van der Waals surface area contributed by atoms with Crippen molar-refractivity contribution >= 4 is 109 Å². The fourth-order valence-electron chi connectivity index (χ4n) is 11.6. The zero-order valence-corrected chi connectivity index (χ0v) is 38.1. The van der Waals surface area contributed by atoms with Crippen LogP contribution in [0, 0.1) is 0 Å². The van der Waals surface area contributed by atoms with Crippen molar-refractivity contribution in [1.29, 1.82) is 0 Å². The fourth-order valence-corrected chi connectivity index (χ4v) is 11.6. The number of fused-ring (bicyclic) bond motifs is 15. The maximum atomic E-state index is 6.47. The molecule has 0 amide bonds. The molecule has 5 heterocycles. The summed E-state index contributed by atoms with van der Waals surface area (Å²) in [5, 5.41) is 11.5. The van der Waals surface area contributed by atoms with Gasteiger partial charge in [-0.15, -0.1) is 0 Å². The van der Waals surface area contributed by atoms with Gasteiger partial charge in [-0.05, 0) is 149 Å². The normalized spacial score (nSPS) is 12.2. The lowest BCUT2D eigenvalue weighted by atomic mass is 9.96. The zero-order chi connectivity index (χ0) is 46.3. The molecular weight excluding hydrogens is 869 g/mol. The van der Waals surface area contributed by atoms with Crippen LogP contribution in [0.1, 0.15) is 0 Å². The number of benzene rings is 11. The molecular formula is C66H38N2O3. The molecule has 0 N–H and O–H groups in total. The molecule has 0 aliphatic carbocycles. The molecule has 0 bridgehead atoms. The Morgan fingerprint density at radius 2 is 0.465 bits per heavy atom. The number of hydrogen-bond donors (Lipinski definition) is 0. The van der Waals surface area contributed by atoms with Crippen molar-refractivity contribution in [3.05, 3.63) is 231 Å². The molecule has 5 heteroatoms. The maximum Gasteiger partial charge on any atom is 0.135 e. The topological polar surface area (TPSA) is 49.3 Å². The molecule has 71 heavy (non-hydrogen) atoms. The van der Waals surface area contributed by atoms with Gasteiger partial charge in [-0.3, -0.25) is 0 Å². The molecule has 0 unspecified atom stereocenters. The van der Waals surface area contributed by atoms with Crippen LogP contribution in [-0.2, 0) is 0 Å². The predicted octanol–water partition coefficient (Wildman–Crippen LogP) is 18.6. The molecule has 0 aliphatic rings. The van der Waals surface area contributed by atoms with E-state index < -0.39 is 0 Å². The Labute approximate surface area is 405 Å². The van der Waals surface area contributed by atoms with E-state index in [1.807, 2.05) is 0 Å². The third kappa shape index (κ3) is 5.69. The van der Waals surface area contributed by atoms with Gasteiger partial charge in [0, 0.05) is 65.2 Å². The van der Waals surface area contributed by atoms with Crippen molar-refractivity contribution in [2.24, 2.45) is 0 Å². The molecule has 0 fully saturated rings. The third-order valence-electron chi connectivity index (χ3n) is 14.9. The van der Waals surface area contributed by atoms with E-state index in [1.54, 1.807) is 0 Å². The van der Waals surface area contributed by atoms with E-state index in [-0.39, 0.29) is 0 Å². The summed E-state index contributed by atoms with van der Waals surface area (Å²) in [5.41, 5.74) is 18.9. The highest BCUT2D eigenvalue weighted by Gasteiger charge is 2.18. The van der Waals surface area contributed by atoms with E-state index in [9.17, 15) is 0 Å². The first-order valence-electron chi connectivity index (χ1n) is 24.1. The SMILES string of the molecule is c1cc(-c2ccc3oc4ccc(-c5ccc6oc7ccc(-n8c9ccccc9c9ccccc98)cc7c6c5)cc4c3c2)cc(-c2ccc3oc4ccc(-n5c6ccccc6c6ccccc65)cc4c3c2)c1. The Morgan fingerprint density at radius 3 is 0.789 bits per heavy atom. The lowest BCUT2D eigenvalue weighted by Gasteiger charge is -2.08. The van der Waals surface area contributed by atoms with Crippen LogP contribution < -0.4 is 0 Å². The molecule has 0 saturated carbocycles. The lowest BCUT2D eigenvalue weighted by Crippen LogP contribution is -1.93. The molecule has 0 spiro atoms. The summed E-state index contributed by atoms with van der Waals surface area (Å²) < 4.78 is 24.1. The number of aromatic nitrogens is 2. The summed E-state index contributed by atoms with van der Waals surface area (Å²) in [4.78, 5) is 0. The van der Waals surface area contributed by atoms with E-state index in [0.717, 1.165) is 111 Å². The number of nitrogens with zero attached hydrogens (tertiary/aromatic N) is 2. The highest BCUT2D eigenvalue weighted by molar-refractivity contribution is 6.14. The van der Waals surface area contributed by atoms with Gasteiger partial charge in [0.25, 0.3) is 0 Å². The molecule has 16 aromatic rings. The summed E-state index contributed by atoms with van der Waals surface area (Å²) in [7, 11) is 0. The summed E-state index contributed by atoms with van der Waals surface area (Å²) >= 11 is 0. The Morgan fingerprint density at radius 1 is 0.197 bits per heavy atom. The zero-order valence-electron chi connectivity index (χ0n) is 38.1. The number of hydrogen-bond acceptors (Lipinski definition) is 3. The van der Waals surface area contributed by atoms with E-state index in [1.165, 1.54) is 43.6 Å². The van der Waals surface area contributed by atoms with Gasteiger partial charge in [-0.2, -0.15) is 0 Å². The first-order chi connectivity index (χ1) is 35.1. The van der Waals surface area contributed by atoms with Crippen LogP contribution in [0.25, 0.3) is 154 Å². The van der Waals surface area contributed by atoms with E-state index in [0.29, 0.717) is 0 Å². The first kappa shape index (κ1) is 38.4. The predicted molar refractivity (Wildman–Crippen MR) is 293 cm³/mol. The van der Waals surface area contributed by atoms with Crippen LogP contribution in [0.2, 0.25) is 0 Å². The molecule has 0 aliphatic heterocycles. The van der Waals surface area contributed by atoms with E-state index >= 15 is 0 Å². The van der Waals surface area contributed by atoms with Gasteiger partial charge in [0.15, 0.2) is 0 Å². The van der Waals surface area contributed by atoms with Gasteiger partial charge in [0.05, 0.1) is 22.1 Å². The van der Waals surface area contributed by atoms with Crippen LogP contribution in [0.4, 0.5) is 0 Å². The summed E-state index contributed by atoms with van der Waals surface area (Å²) in [6.45, 7) is 0. The van der Waals surface area contributed by atoms with Crippen LogP contribution in [0.3, 0.4) is 0 Å². The highest BCUT2D eigenvalue weighted by atomic mass is 16.3. The second-order valence-electron chi connectivity index (χ2n) is 18.8. The lowest BCUT2D eigenvalue weighted by molar-refractivity contribution is 0.668. The summed E-state index contributed by atoms with van der Waals surface area (Å²) in [6.07, 6.45) is 0. The number of rotatable bonds is 5. The van der Waals surface area contributed by atoms with Gasteiger partial charge in [0.2, 0.25) is 0 Å². The van der Waals surface area contributed by atoms with Crippen LogP contribution in [0.15, 0.2) is 244 Å². The van der Waals surface area contributed by atoms with Gasteiger partial charge < -0.3 is 22.4 Å². The average molecular weight is 907 g/mol. The molecule has 16 rings (SSSR count). The second kappa shape index (κ2) is 14.5. The van der Waals surface area contributed by atoms with E-state index in [2.05, 4.69) is 240 Å². The minimum absolute atomic E-state index is 0.863. The Hall–Kier alpha value is -9.58. The second-order valence-corrected chi connectivity index (χ2v) is 18.8. The van der Waals surface area contributed by atoms with Crippen molar-refractivity contribution < 1.29 is 13.3 Å². The number of para-hydroxylation sites is 4. The standard InChI is InChI=1S/C66H38N2O3/c1-5-16-57-47(12-1)48-13-2-6-17-58(48)67(57)45-24-30-65-55(37-45)53-34-42(21-27-63(53)70-65)40-11-9-10-39(32-40)41-20-26-61-51(33-41)52-35-43(22-28-62(52)69-61)44-23-29-64-54(36-44)56-38-46(25-31-66(56)71-64)68-59-18-7-3-14-49(59)50-15-4-8-19-60(50)68/h1-38H. The molecule has 330 valence electrons. The first-order valence-corrected chi connectivity index (χ1v) is 24.1. The van der Waals surface area contributed by atoms with Crippen molar-refractivity contribution in [3.8, 4) is 44.8 Å². The van der Waals surface area contributed by atoms with Crippen LogP contribution in [0.5, 0.6) is 0 Å². The fraction of sp³-hybridized carbons (Fsp3) is 0. The molecule has 11 aromatic carbocycles. The largest absolute Gasteiger partial charge is 0.456 e. The van der Waals surface area contributed by atoms with Crippen LogP contribution in [-0.4, -0.2) is 9.13 Å². The Bertz CT molecular complexity index is 4790. The van der Waals surface area contributed by atoms with Crippen molar-refractivity contribution in [2.75, 3.05) is 0 Å². The third-order valence-corrected chi connectivity index (χ3v) is 14.9. The average Bonchev–Trinajstić information content (AvgIpc) is 4.24. The van der Waals surface area contributed by atoms with Gasteiger partial charge >= 0.3 is 0 Å². The summed E-state index contributed by atoms with van der Waals surface area (Å²) in [5.74, 6) is 0. The van der Waals surface area contributed by atoms with Gasteiger partial charge in [-0.25, -0.2) is 0 Å². The molecule has 0 saturated heterocycles. The summed E-state index contributed by atoms with van der Waals surface area (Å²) in [6, 6.07) is 82.6. The molecule has 0 radical (unpaired) electrons. The van der Waals surface area contributed by atoms with Gasteiger partial charge in [-0.1, -0.05) is 115 Å². The Kier molecular flexibility index (Phi) is 7.82. The maximum absolute atomic E-state index is 6.47. The minimum atomic E-state index is 0.863. The van der Waals surface area contributed by atoms with Crippen molar-refractivity contribution in [1.82, 2.24) is 9.13 Å². The highest BCUT2D eigenvalue weighted by Crippen LogP contribution is 2.41.